The first-order chi connectivity index (χ1) is 10.8. The predicted octanol–water partition coefficient (Wildman–Crippen LogP) is 5.02. The van der Waals surface area contributed by atoms with E-state index < -0.39 is 0 Å². The second-order valence-corrected chi connectivity index (χ2v) is 7.67. The highest BCUT2D eigenvalue weighted by Crippen LogP contribution is 2.32. The highest BCUT2D eigenvalue weighted by molar-refractivity contribution is 7.37. The van der Waals surface area contributed by atoms with Crippen molar-refractivity contribution in [3.63, 3.8) is 0 Å². The van der Waals surface area contributed by atoms with Gasteiger partial charge >= 0.3 is 0 Å². The monoisotopic (exact) mass is 330 g/mol. The Balaban J connectivity index is 2.35. The molecule has 2 aromatic carbocycles. The molecule has 2 aromatic rings. The zero-order valence-electron chi connectivity index (χ0n) is 14.6. The van der Waals surface area contributed by atoms with Gasteiger partial charge in [0.05, 0.1) is 5.85 Å². The van der Waals surface area contributed by atoms with Crippen LogP contribution in [0.4, 0.5) is 0 Å². The lowest BCUT2D eigenvalue weighted by molar-refractivity contribution is 0.267. The molecule has 3 heteroatoms. The number of aliphatic hydroxyl groups excluding tert-OH is 1. The highest BCUT2D eigenvalue weighted by atomic mass is 31.1. The summed E-state index contributed by atoms with van der Waals surface area (Å²) in [5.74, 6) is 0.322. The van der Waals surface area contributed by atoms with Crippen LogP contribution in [0.25, 0.3) is 0 Å². The van der Waals surface area contributed by atoms with Crippen LogP contribution in [0.1, 0.15) is 59.0 Å². The Bertz CT molecular complexity index is 669. The van der Waals surface area contributed by atoms with E-state index in [1.54, 1.807) is 6.07 Å². The molecule has 0 bridgehead atoms. The number of phenols is 1. The fraction of sp³-hybridized carbons (Fsp3) is 0.400. The van der Waals surface area contributed by atoms with Gasteiger partial charge in [0.1, 0.15) is 5.75 Å². The first-order valence-corrected chi connectivity index (χ1v) is 9.68. The minimum atomic E-state index is -0.359. The summed E-state index contributed by atoms with van der Waals surface area (Å²) in [7, 11) is 0.494. The molecule has 2 atom stereocenters. The van der Waals surface area contributed by atoms with Gasteiger partial charge in [0.25, 0.3) is 0 Å². The van der Waals surface area contributed by atoms with Gasteiger partial charge in [0, 0.05) is 0 Å². The van der Waals surface area contributed by atoms with Crippen LogP contribution in [-0.4, -0.2) is 16.9 Å². The van der Waals surface area contributed by atoms with Gasteiger partial charge in [0.2, 0.25) is 0 Å². The molecule has 0 radical (unpaired) electrons. The maximum atomic E-state index is 10.1. The van der Waals surface area contributed by atoms with Crippen molar-refractivity contribution in [2.45, 2.75) is 45.9 Å². The molecular weight excluding hydrogens is 303 g/mol. The summed E-state index contributed by atoms with van der Waals surface area (Å²) < 4.78 is 0. The SMILES string of the molecule is CPC(O)c1cc(C)c(Cc2ccc(O)c(C(C)C)c2)c(C)c1. The molecule has 0 aliphatic carbocycles. The molecule has 0 saturated heterocycles. The van der Waals surface area contributed by atoms with Crippen LogP contribution in [0.2, 0.25) is 0 Å². The molecule has 0 aromatic heterocycles. The molecule has 0 saturated carbocycles. The molecule has 2 rings (SSSR count). The molecule has 0 aliphatic heterocycles. The second-order valence-electron chi connectivity index (χ2n) is 6.55. The average molecular weight is 330 g/mol. The van der Waals surface area contributed by atoms with E-state index in [0.29, 0.717) is 20.2 Å². The van der Waals surface area contributed by atoms with Crippen LogP contribution >= 0.6 is 8.58 Å². The molecule has 124 valence electrons. The van der Waals surface area contributed by atoms with Crippen LogP contribution in [0.3, 0.4) is 0 Å². The van der Waals surface area contributed by atoms with E-state index in [1.807, 2.05) is 12.7 Å². The van der Waals surface area contributed by atoms with Crippen molar-refractivity contribution < 1.29 is 10.2 Å². The smallest absolute Gasteiger partial charge is 0.119 e. The van der Waals surface area contributed by atoms with Crippen molar-refractivity contribution in [3.8, 4) is 5.75 Å². The Hall–Kier alpha value is -1.37. The Kier molecular flexibility index (Phi) is 5.84. The molecule has 2 nitrogen and oxygen atoms in total. The van der Waals surface area contributed by atoms with Crippen LogP contribution in [-0.2, 0) is 6.42 Å². The van der Waals surface area contributed by atoms with Crippen LogP contribution in [0.5, 0.6) is 5.75 Å². The van der Waals surface area contributed by atoms with Gasteiger partial charge in [-0.2, -0.15) is 0 Å². The Morgan fingerprint density at radius 2 is 1.65 bits per heavy atom. The standard InChI is InChI=1S/C20H27O2P/c1-12(2)17-10-15(6-7-19(17)21)11-18-13(3)8-16(9-14(18)4)20(22)23-5/h6-10,12,20-23H,11H2,1-5H3. The van der Waals surface area contributed by atoms with Gasteiger partial charge < -0.3 is 10.2 Å². The summed E-state index contributed by atoms with van der Waals surface area (Å²) in [4.78, 5) is 0. The zero-order chi connectivity index (χ0) is 17.1. The average Bonchev–Trinajstić information content (AvgIpc) is 2.51. The van der Waals surface area contributed by atoms with Crippen LogP contribution in [0, 0.1) is 13.8 Å². The fourth-order valence-corrected chi connectivity index (χ4v) is 3.51. The number of aromatic hydroxyl groups is 1. The second kappa shape index (κ2) is 7.47. The largest absolute Gasteiger partial charge is 0.508 e. The van der Waals surface area contributed by atoms with E-state index in [-0.39, 0.29) is 5.85 Å². The molecule has 0 aliphatic rings. The molecule has 0 fully saturated rings. The third-order valence-corrected chi connectivity index (χ3v) is 5.28. The van der Waals surface area contributed by atoms with E-state index >= 15 is 0 Å². The first kappa shape index (κ1) is 18.0. The molecule has 2 unspecified atom stereocenters. The third kappa shape index (κ3) is 4.13. The zero-order valence-corrected chi connectivity index (χ0v) is 15.6. The minimum Gasteiger partial charge on any atom is -0.508 e. The predicted molar refractivity (Wildman–Crippen MR) is 100 cm³/mol. The van der Waals surface area contributed by atoms with Crippen molar-refractivity contribution in [2.24, 2.45) is 0 Å². The van der Waals surface area contributed by atoms with Crippen molar-refractivity contribution in [1.29, 1.82) is 0 Å². The normalized spacial score (nSPS) is 13.2. The lowest BCUT2D eigenvalue weighted by Gasteiger charge is -2.17. The van der Waals surface area contributed by atoms with Crippen LogP contribution < -0.4 is 0 Å². The van der Waals surface area contributed by atoms with Crippen molar-refractivity contribution in [1.82, 2.24) is 0 Å². The van der Waals surface area contributed by atoms with Crippen molar-refractivity contribution in [3.05, 3.63) is 63.7 Å². The maximum absolute atomic E-state index is 10.1. The summed E-state index contributed by atoms with van der Waals surface area (Å²) in [6.45, 7) is 10.4. The topological polar surface area (TPSA) is 40.5 Å². The molecule has 23 heavy (non-hydrogen) atoms. The molecular formula is C20H27O2P. The summed E-state index contributed by atoms with van der Waals surface area (Å²) in [6, 6.07) is 10.1. The van der Waals surface area contributed by atoms with E-state index in [4.69, 9.17) is 0 Å². The van der Waals surface area contributed by atoms with Gasteiger partial charge in [-0.3, -0.25) is 0 Å². The molecule has 2 N–H and O–H groups in total. The quantitative estimate of drug-likeness (QED) is 0.756. The van der Waals surface area contributed by atoms with Crippen molar-refractivity contribution in [2.75, 3.05) is 6.66 Å². The number of aliphatic hydroxyl groups is 1. The highest BCUT2D eigenvalue weighted by Gasteiger charge is 2.12. The van der Waals surface area contributed by atoms with Gasteiger partial charge in [-0.15, -0.1) is 0 Å². The van der Waals surface area contributed by atoms with Gasteiger partial charge in [-0.25, -0.2) is 0 Å². The number of hydrogen-bond donors (Lipinski definition) is 2. The Labute approximate surface area is 141 Å². The van der Waals surface area contributed by atoms with Gasteiger partial charge in [-0.05, 0) is 72.3 Å². The number of aryl methyl sites for hydroxylation is 2. The van der Waals surface area contributed by atoms with Crippen LogP contribution in [0.15, 0.2) is 30.3 Å². The van der Waals surface area contributed by atoms with E-state index in [9.17, 15) is 10.2 Å². The van der Waals surface area contributed by atoms with E-state index in [0.717, 1.165) is 17.5 Å². The number of hydrogen-bond acceptors (Lipinski definition) is 2. The Morgan fingerprint density at radius 3 is 2.17 bits per heavy atom. The number of phenolic OH excluding ortho intramolecular Hbond substituents is 1. The van der Waals surface area contributed by atoms with Gasteiger partial charge in [0.15, 0.2) is 0 Å². The van der Waals surface area contributed by atoms with Gasteiger partial charge in [-0.1, -0.05) is 46.7 Å². The third-order valence-electron chi connectivity index (χ3n) is 4.40. The number of benzene rings is 2. The van der Waals surface area contributed by atoms with E-state index in [1.165, 1.54) is 22.3 Å². The van der Waals surface area contributed by atoms with Crippen molar-refractivity contribution >= 4 is 8.58 Å². The lowest BCUT2D eigenvalue weighted by atomic mass is 9.92. The summed E-state index contributed by atoms with van der Waals surface area (Å²) in [5.41, 5.74) is 6.97. The Morgan fingerprint density at radius 1 is 1.04 bits per heavy atom. The first-order valence-electron chi connectivity index (χ1n) is 8.10. The lowest BCUT2D eigenvalue weighted by Crippen LogP contribution is -2.01. The summed E-state index contributed by atoms with van der Waals surface area (Å²) in [5, 5.41) is 20.0. The molecule has 0 spiro atoms. The summed E-state index contributed by atoms with van der Waals surface area (Å²) >= 11 is 0. The molecule has 0 heterocycles. The van der Waals surface area contributed by atoms with E-state index in [2.05, 4.69) is 45.9 Å². The summed E-state index contributed by atoms with van der Waals surface area (Å²) in [6.07, 6.45) is 0.850. The molecule has 0 amide bonds. The fourth-order valence-electron chi connectivity index (χ4n) is 3.01. The maximum Gasteiger partial charge on any atom is 0.119 e. The minimum absolute atomic E-state index is 0.306. The number of rotatable bonds is 5.